The van der Waals surface area contributed by atoms with Crippen molar-refractivity contribution in [2.75, 3.05) is 33.2 Å². The van der Waals surface area contributed by atoms with Crippen molar-refractivity contribution in [3.63, 3.8) is 0 Å². The molecule has 4 aromatic carbocycles. The van der Waals surface area contributed by atoms with Crippen molar-refractivity contribution in [1.82, 2.24) is 26.6 Å². The van der Waals surface area contributed by atoms with Gasteiger partial charge in [-0.3, -0.25) is 0 Å². The Bertz CT molecular complexity index is 3640. The molecule has 12 heteroatoms. The summed E-state index contributed by atoms with van der Waals surface area (Å²) in [6, 6.07) is 32.1. The minimum atomic E-state index is -1.12. The number of hydrogen-bond donors (Lipinski definition) is 8. The Hall–Kier alpha value is -6.14. The van der Waals surface area contributed by atoms with Crippen molar-refractivity contribution in [2.24, 2.45) is 58.2 Å². The lowest BCUT2D eigenvalue weighted by Crippen LogP contribution is -2.52. The molecule has 0 aromatic heterocycles. The van der Waals surface area contributed by atoms with Gasteiger partial charge in [0.05, 0.1) is 28.4 Å². The summed E-state index contributed by atoms with van der Waals surface area (Å²) in [5.41, 5.74) is 9.06. The molecule has 0 radical (unpaired) electrons. The minimum absolute atomic E-state index is 0.00396. The second-order valence-electron chi connectivity index (χ2n) is 30.1. The number of esters is 2. The Labute approximate surface area is 546 Å². The third kappa shape index (κ3) is 12.0. The largest absolute Gasteiger partial charge is 0.508 e. The molecule has 14 bridgehead atoms. The van der Waals surface area contributed by atoms with Crippen LogP contribution in [0.2, 0.25) is 0 Å². The number of nitrogens with one attached hydrogen (secondary N) is 5. The summed E-state index contributed by atoms with van der Waals surface area (Å²) >= 11 is 0. The Morgan fingerprint density at radius 3 is 2.49 bits per heavy atom. The van der Waals surface area contributed by atoms with Crippen molar-refractivity contribution in [1.29, 1.82) is 0 Å². The molecule has 5 fully saturated rings. The van der Waals surface area contributed by atoms with Gasteiger partial charge in [-0.2, -0.15) is 0 Å². The van der Waals surface area contributed by atoms with Gasteiger partial charge in [0, 0.05) is 55.1 Å². The zero-order valence-electron chi connectivity index (χ0n) is 54.9. The van der Waals surface area contributed by atoms with E-state index < -0.39 is 16.6 Å². The van der Waals surface area contributed by atoms with E-state index in [2.05, 4.69) is 138 Å². The molecule has 3 saturated carbocycles. The van der Waals surface area contributed by atoms with Gasteiger partial charge < -0.3 is 51.4 Å². The zero-order valence-corrected chi connectivity index (χ0v) is 54.9. The molecule has 1 spiro atoms. The number of ether oxygens (including phenoxy) is 2. The van der Waals surface area contributed by atoms with Gasteiger partial charge in [0.15, 0.2) is 0 Å². The lowest BCUT2D eigenvalue weighted by Gasteiger charge is -2.56. The molecule has 6 heterocycles. The van der Waals surface area contributed by atoms with E-state index in [9.17, 15) is 15.3 Å². The monoisotopic (exact) mass is 1240 g/mol. The van der Waals surface area contributed by atoms with Crippen molar-refractivity contribution >= 4 is 17.5 Å². The first-order chi connectivity index (χ1) is 44.7. The molecule has 2 saturated heterocycles. The number of aliphatic hydroxyl groups is 2. The maximum absolute atomic E-state index is 15.6. The molecule has 0 amide bonds. The molecule has 6 aliphatic carbocycles. The van der Waals surface area contributed by atoms with Crippen molar-refractivity contribution < 1.29 is 34.4 Å². The number of β-amino-alcohol motifs (C(OH)–C–C–N with tert-alkyl or cyclic N) is 1. The number of rotatable bonds is 11. The van der Waals surface area contributed by atoms with Gasteiger partial charge in [-0.15, -0.1) is 0 Å². The number of benzene rings is 4. The summed E-state index contributed by atoms with van der Waals surface area (Å²) < 4.78 is 13.7. The SMILES string of the molecule is CCCNCc1cc2cc(c1)[C@@H]1NC[C@@](C)(O)CC#C[C@H](C3(O)CCCCC3)C[C@@H]3C[C@@]([C@@H]4CCN[C@H](NC)C4)(C/C=C4\OC(=O)C5=C4CC[C@H]4[C@H]6CC[C@]7(C(=C6c6cc(O)ccc6-c6cccc(c6)CNCC2)C(=O)O/C7=C\[C@H](CC)Cc2ccccc2)[C@@H]54)C[C@H]31. The fourth-order valence-electron chi connectivity index (χ4n) is 19.8. The molecule has 0 unspecified atom stereocenters. The van der Waals surface area contributed by atoms with Crippen molar-refractivity contribution in [2.45, 2.75) is 186 Å². The van der Waals surface area contributed by atoms with Crippen LogP contribution in [0.25, 0.3) is 16.7 Å². The van der Waals surface area contributed by atoms with Crippen molar-refractivity contribution in [3.05, 3.63) is 165 Å². The van der Waals surface area contributed by atoms with Crippen LogP contribution in [0, 0.1) is 70.0 Å². The highest BCUT2D eigenvalue weighted by Gasteiger charge is 2.69. The summed E-state index contributed by atoms with van der Waals surface area (Å²) in [7, 11) is 2.06. The Morgan fingerprint density at radius 1 is 0.804 bits per heavy atom. The van der Waals surface area contributed by atoms with Crippen LogP contribution in [0.1, 0.15) is 176 Å². The first-order valence-corrected chi connectivity index (χ1v) is 35.6. The van der Waals surface area contributed by atoms with Gasteiger partial charge in [0.2, 0.25) is 0 Å². The van der Waals surface area contributed by atoms with E-state index in [0.717, 1.165) is 168 Å². The molecule has 12 aliphatic rings. The van der Waals surface area contributed by atoms with Crippen LogP contribution in [0.15, 0.2) is 131 Å². The molecular weight excluding hydrogens is 1140 g/mol. The number of phenolic OH excluding ortho intramolecular Hbond substituents is 1. The van der Waals surface area contributed by atoms with E-state index in [1.54, 1.807) is 6.07 Å². The quantitative estimate of drug-likeness (QED) is 0.0406. The molecule has 12 nitrogen and oxygen atoms in total. The van der Waals surface area contributed by atoms with E-state index in [1.807, 2.05) is 25.1 Å². The van der Waals surface area contributed by atoms with Crippen molar-refractivity contribution in [3.8, 4) is 28.7 Å². The summed E-state index contributed by atoms with van der Waals surface area (Å²) in [6.07, 6.45) is 21.3. The normalized spacial score (nSPS) is 33.9. The number of cyclic esters (lactones) is 1. The van der Waals surface area contributed by atoms with Crippen LogP contribution in [-0.4, -0.2) is 77.9 Å². The van der Waals surface area contributed by atoms with E-state index in [0.29, 0.717) is 61.8 Å². The molecule has 92 heavy (non-hydrogen) atoms. The Kier molecular flexibility index (Phi) is 18.0. The third-order valence-electron chi connectivity index (χ3n) is 24.2. The number of carbonyl (C=O) groups excluding carboxylic acids is 2. The topological polar surface area (TPSA) is 173 Å². The second-order valence-corrected chi connectivity index (χ2v) is 30.1. The van der Waals surface area contributed by atoms with Crippen LogP contribution < -0.4 is 26.6 Å². The van der Waals surface area contributed by atoms with Gasteiger partial charge >= 0.3 is 11.9 Å². The van der Waals surface area contributed by atoms with E-state index >= 15 is 9.59 Å². The smallest absolute Gasteiger partial charge is 0.340 e. The maximum Gasteiger partial charge on any atom is 0.340 e. The molecule has 8 N–H and O–H groups in total. The number of phenols is 1. The zero-order chi connectivity index (χ0) is 63.4. The van der Waals surface area contributed by atoms with Crippen LogP contribution in [0.3, 0.4) is 0 Å². The van der Waals surface area contributed by atoms with E-state index in [-0.39, 0.29) is 76.7 Å². The summed E-state index contributed by atoms with van der Waals surface area (Å²) in [5.74, 6) is 8.08. The summed E-state index contributed by atoms with van der Waals surface area (Å²) in [4.78, 5) is 31.1. The summed E-state index contributed by atoms with van der Waals surface area (Å²) in [6.45, 7) is 10.7. The predicted molar refractivity (Wildman–Crippen MR) is 362 cm³/mol. The highest BCUT2D eigenvalue weighted by molar-refractivity contribution is 6.07. The lowest BCUT2D eigenvalue weighted by molar-refractivity contribution is -0.135. The molecule has 13 atom stereocenters. The Morgan fingerprint density at radius 2 is 1.66 bits per heavy atom. The minimum Gasteiger partial charge on any atom is -0.508 e. The number of aromatic hydroxyl groups is 1. The van der Waals surface area contributed by atoms with E-state index in [1.165, 1.54) is 22.3 Å². The number of allylic oxidation sites excluding steroid dienone is 5. The van der Waals surface area contributed by atoms with Crippen LogP contribution in [-0.2, 0) is 45.0 Å². The van der Waals surface area contributed by atoms with Gasteiger partial charge in [0.25, 0.3) is 0 Å². The first kappa shape index (κ1) is 63.3. The number of piperidine rings is 1. The lowest BCUT2D eigenvalue weighted by atomic mass is 9.44. The number of carbonyl (C=O) groups is 2. The Balaban J connectivity index is 0.959. The molecule has 486 valence electrons. The van der Waals surface area contributed by atoms with Crippen LogP contribution in [0.5, 0.6) is 5.75 Å². The van der Waals surface area contributed by atoms with Gasteiger partial charge in [-0.1, -0.05) is 118 Å². The second kappa shape index (κ2) is 26.2. The maximum atomic E-state index is 15.6. The fraction of sp³-hybridized carbons (Fsp3) is 0.550. The van der Waals surface area contributed by atoms with Gasteiger partial charge in [0.1, 0.15) is 17.3 Å². The van der Waals surface area contributed by atoms with Crippen LogP contribution in [0.4, 0.5) is 0 Å². The molecule has 6 aliphatic heterocycles. The first-order valence-electron chi connectivity index (χ1n) is 35.6. The number of hydrogen-bond acceptors (Lipinski definition) is 12. The third-order valence-corrected chi connectivity index (χ3v) is 24.2. The molecule has 16 rings (SSSR count). The summed E-state index contributed by atoms with van der Waals surface area (Å²) in [5, 5.41) is 56.1. The fourth-order valence-corrected chi connectivity index (χ4v) is 19.8. The average Bonchev–Trinajstić information content (AvgIpc) is 1.29. The van der Waals surface area contributed by atoms with Gasteiger partial charge in [-0.05, 0) is 258 Å². The molecular formula is C80H99N5O7. The van der Waals surface area contributed by atoms with Crippen LogP contribution >= 0.6 is 0 Å². The number of fused-ring (bicyclic) bond motifs is 5. The standard InChI is InChI=1S/C80H99N5O7/c1-5-33-82-48-54-37-52-26-34-83-47-53-17-13-18-55(39-53)61-21-20-60(86)44-65(61)70-62-24-32-80(68(92-76(88)73(70)80)41-50(6-2)36-51-15-9-7-10-16-51)72-63(62)22-23-64-67(91-75(87)71(64)72)25-31-78(58-27-35-84-69(43-58)81-4)45-57-42-59(79(90)29-11-8-12-30-79)19-14-28-77(3,89)49-85-74(66(57)46-78)56(38-52)40-54/h7,9-10,13,15-18,20-21,25,37-41,44,50,57-59,62-63,66,69,72,74,81-86,89-90H,5-6,8,11-12,22-24,26-36,42-43,45-49H2,1-4H3/b67-25-,68-41-/t50-,57-,58-,59+,62-,63+,66-,69+,72-,74+,77+,78+,80-/m1/s1. The molecule has 4 aromatic rings. The average molecular weight is 1240 g/mol. The van der Waals surface area contributed by atoms with Gasteiger partial charge in [-0.25, -0.2) is 9.59 Å². The predicted octanol–water partition coefficient (Wildman–Crippen LogP) is 13.0. The highest BCUT2D eigenvalue weighted by atomic mass is 16.6. The van der Waals surface area contributed by atoms with E-state index in [4.69, 9.17) is 9.47 Å². The highest BCUT2D eigenvalue weighted by Crippen LogP contribution is 2.72.